The molecule has 8 heteroatoms. The van der Waals surface area contributed by atoms with E-state index in [1.165, 1.54) is 19.3 Å². The third-order valence-electron chi connectivity index (χ3n) is 12.4. The highest BCUT2D eigenvalue weighted by Crippen LogP contribution is 2.65. The van der Waals surface area contributed by atoms with Crippen LogP contribution in [-0.4, -0.2) is 49.2 Å². The van der Waals surface area contributed by atoms with E-state index in [-0.39, 0.29) is 54.3 Å². The van der Waals surface area contributed by atoms with E-state index in [1.54, 1.807) is 45.0 Å². The number of rotatable bonds is 9. The molecule has 4 aliphatic rings. The first kappa shape index (κ1) is 35.8. The SMILES string of the molecule is CC(=O)C1=C(O)[C@]2(O)C(=O)C3=C(O)c4c(O)c(CCC(=O)c5ccccc5)cc(CCC5CCCCC5)c4C[C@]3(C)C[C@]2(C)C(C(C)C)C1=O. The molecule has 8 nitrogen and oxygen atoms in total. The van der Waals surface area contributed by atoms with Crippen LogP contribution < -0.4 is 0 Å². The summed E-state index contributed by atoms with van der Waals surface area (Å²) in [5.74, 6) is -4.86. The molecule has 50 heavy (non-hydrogen) atoms. The number of aliphatic hydroxyl groups excluding tert-OH is 2. The van der Waals surface area contributed by atoms with Gasteiger partial charge >= 0.3 is 0 Å². The number of phenols is 1. The standard InChI is InChI=1S/C42H50O8/c1-23(2)33-36(46)31(24(3)43)38(48)42(50)39(49)34-37(47)32-29(21-40(34,4)22-41(33,42)5)27(17-16-25-12-8-6-9-13-25)20-28(35(32)45)18-19-30(44)26-14-10-7-11-15-26/h7,10-11,14-15,20,23,25,33,45,47-48,50H,6,8-9,12-13,16-19,21-22H2,1-5H3/t33?,40-,41-,42+/m1/s1. The van der Waals surface area contributed by atoms with Gasteiger partial charge in [-0.3, -0.25) is 19.2 Å². The molecule has 2 saturated carbocycles. The van der Waals surface area contributed by atoms with Crippen LogP contribution in [0.3, 0.4) is 0 Å². The van der Waals surface area contributed by atoms with E-state index in [1.807, 2.05) is 19.1 Å². The van der Waals surface area contributed by atoms with Gasteiger partial charge in [-0.1, -0.05) is 96.2 Å². The smallest absolute Gasteiger partial charge is 0.203 e. The lowest BCUT2D eigenvalue weighted by atomic mass is 9.43. The molecule has 4 N–H and O–H groups in total. The van der Waals surface area contributed by atoms with Crippen molar-refractivity contribution in [2.24, 2.45) is 28.6 Å². The van der Waals surface area contributed by atoms with Crippen molar-refractivity contribution in [3.05, 3.63) is 81.1 Å². The summed E-state index contributed by atoms with van der Waals surface area (Å²) in [6, 6.07) is 10.9. The number of Topliss-reactive ketones (excluding diaryl/α,β-unsaturated/α-hetero) is 4. The van der Waals surface area contributed by atoms with Gasteiger partial charge in [0.25, 0.3) is 0 Å². The summed E-state index contributed by atoms with van der Waals surface area (Å²) >= 11 is 0. The monoisotopic (exact) mass is 682 g/mol. The van der Waals surface area contributed by atoms with Crippen LogP contribution in [0.5, 0.6) is 5.75 Å². The molecule has 2 aromatic rings. The summed E-state index contributed by atoms with van der Waals surface area (Å²) in [6.45, 7) is 8.18. The molecule has 266 valence electrons. The second-order valence-electron chi connectivity index (χ2n) is 16.2. The number of aliphatic hydroxyl groups is 3. The Balaban J connectivity index is 1.50. The van der Waals surface area contributed by atoms with Crippen LogP contribution in [0.4, 0.5) is 0 Å². The van der Waals surface area contributed by atoms with Crippen molar-refractivity contribution >= 4 is 28.9 Å². The van der Waals surface area contributed by atoms with Crippen LogP contribution >= 0.6 is 0 Å². The average Bonchev–Trinajstić information content (AvgIpc) is 3.06. The second-order valence-corrected chi connectivity index (χ2v) is 16.2. The van der Waals surface area contributed by atoms with Crippen molar-refractivity contribution in [1.29, 1.82) is 0 Å². The van der Waals surface area contributed by atoms with Crippen LogP contribution in [0.25, 0.3) is 5.76 Å². The molecule has 0 aliphatic heterocycles. The molecule has 0 bridgehead atoms. The van der Waals surface area contributed by atoms with Gasteiger partial charge in [0.1, 0.15) is 22.8 Å². The minimum absolute atomic E-state index is 0.0566. The van der Waals surface area contributed by atoms with Crippen LogP contribution in [0.1, 0.15) is 119 Å². The number of benzene rings is 2. The van der Waals surface area contributed by atoms with E-state index in [4.69, 9.17) is 0 Å². The van der Waals surface area contributed by atoms with E-state index in [0.29, 0.717) is 23.5 Å². The quantitative estimate of drug-likeness (QED) is 0.157. The Hall–Kier alpha value is -4.04. The number of aryl methyl sites for hydroxylation is 2. The number of carbonyl (C=O) groups is 4. The Bertz CT molecular complexity index is 1830. The maximum atomic E-state index is 14.8. The molecule has 0 saturated heterocycles. The number of aromatic hydroxyl groups is 1. The van der Waals surface area contributed by atoms with Gasteiger partial charge in [-0.05, 0) is 67.6 Å². The van der Waals surface area contributed by atoms with Crippen LogP contribution in [0.15, 0.2) is 53.3 Å². The van der Waals surface area contributed by atoms with Gasteiger partial charge < -0.3 is 20.4 Å². The largest absolute Gasteiger partial charge is 0.508 e. The molecule has 0 aromatic heterocycles. The maximum Gasteiger partial charge on any atom is 0.203 e. The highest BCUT2D eigenvalue weighted by molar-refractivity contribution is 6.24. The van der Waals surface area contributed by atoms with Gasteiger partial charge in [0.05, 0.1) is 5.56 Å². The first-order chi connectivity index (χ1) is 23.6. The van der Waals surface area contributed by atoms with Crippen LogP contribution in [0, 0.1) is 28.6 Å². The number of hydrogen-bond donors (Lipinski definition) is 4. The summed E-state index contributed by atoms with van der Waals surface area (Å²) in [4.78, 5) is 54.4. The Labute approximate surface area is 294 Å². The van der Waals surface area contributed by atoms with E-state index in [2.05, 4.69) is 0 Å². The summed E-state index contributed by atoms with van der Waals surface area (Å²) < 4.78 is 0. The number of fused-ring (bicyclic) bond motifs is 3. The van der Waals surface area contributed by atoms with Gasteiger partial charge in [0, 0.05) is 34.3 Å². The molecular formula is C42H50O8. The lowest BCUT2D eigenvalue weighted by molar-refractivity contribution is -0.178. The van der Waals surface area contributed by atoms with E-state index in [0.717, 1.165) is 37.3 Å². The van der Waals surface area contributed by atoms with Crippen molar-refractivity contribution in [3.8, 4) is 5.75 Å². The minimum Gasteiger partial charge on any atom is -0.508 e. The Morgan fingerprint density at radius 3 is 2.22 bits per heavy atom. The molecule has 0 spiro atoms. The first-order valence-corrected chi connectivity index (χ1v) is 18.2. The first-order valence-electron chi connectivity index (χ1n) is 18.2. The van der Waals surface area contributed by atoms with Crippen molar-refractivity contribution in [2.45, 2.75) is 111 Å². The lowest BCUT2D eigenvalue weighted by Crippen LogP contribution is -2.69. The zero-order chi connectivity index (χ0) is 36.3. The Morgan fingerprint density at radius 2 is 1.60 bits per heavy atom. The molecule has 2 fully saturated rings. The number of hydrogen-bond acceptors (Lipinski definition) is 8. The molecule has 0 amide bonds. The third-order valence-corrected chi connectivity index (χ3v) is 12.4. The zero-order valence-corrected chi connectivity index (χ0v) is 29.9. The third kappa shape index (κ3) is 5.45. The summed E-state index contributed by atoms with van der Waals surface area (Å²) in [5.41, 5.74) is -3.14. The van der Waals surface area contributed by atoms with Crippen molar-refractivity contribution < 1.29 is 39.6 Å². The number of carbonyl (C=O) groups excluding carboxylic acids is 4. The summed E-state index contributed by atoms with van der Waals surface area (Å²) in [5, 5.41) is 47.9. The molecule has 6 rings (SSSR count). The molecule has 0 heterocycles. The van der Waals surface area contributed by atoms with Gasteiger partial charge in [0.15, 0.2) is 23.0 Å². The fourth-order valence-corrected chi connectivity index (χ4v) is 10.2. The number of phenolic OH excluding ortho intramolecular Hbond substituents is 1. The molecular weight excluding hydrogens is 632 g/mol. The molecule has 2 aromatic carbocycles. The maximum absolute atomic E-state index is 14.8. The number of ketones is 4. The fourth-order valence-electron chi connectivity index (χ4n) is 10.2. The zero-order valence-electron chi connectivity index (χ0n) is 29.9. The van der Waals surface area contributed by atoms with Crippen molar-refractivity contribution in [2.75, 3.05) is 0 Å². The fraction of sp³-hybridized carbons (Fsp3) is 0.524. The highest BCUT2D eigenvalue weighted by Gasteiger charge is 2.72. The molecule has 1 unspecified atom stereocenters. The van der Waals surface area contributed by atoms with E-state index in [9.17, 15) is 39.6 Å². The highest BCUT2D eigenvalue weighted by atomic mass is 16.3. The number of allylic oxidation sites excluding steroid dienone is 1. The Kier molecular flexibility index (Phi) is 9.25. The summed E-state index contributed by atoms with van der Waals surface area (Å²) in [6.07, 6.45) is 8.21. The van der Waals surface area contributed by atoms with Crippen molar-refractivity contribution in [1.82, 2.24) is 0 Å². The second kappa shape index (κ2) is 12.9. The van der Waals surface area contributed by atoms with E-state index >= 15 is 0 Å². The van der Waals surface area contributed by atoms with Gasteiger partial charge in [-0.25, -0.2) is 0 Å². The molecule has 0 radical (unpaired) electrons. The van der Waals surface area contributed by atoms with Gasteiger partial charge in [-0.15, -0.1) is 0 Å². The molecule has 4 aliphatic carbocycles. The van der Waals surface area contributed by atoms with Crippen LogP contribution in [-0.2, 0) is 33.6 Å². The van der Waals surface area contributed by atoms with E-state index < -0.39 is 56.8 Å². The summed E-state index contributed by atoms with van der Waals surface area (Å²) in [7, 11) is 0. The van der Waals surface area contributed by atoms with Crippen molar-refractivity contribution in [3.63, 3.8) is 0 Å². The normalized spacial score (nSPS) is 28.4. The predicted octanol–water partition coefficient (Wildman–Crippen LogP) is 7.52. The minimum atomic E-state index is -2.66. The topological polar surface area (TPSA) is 149 Å². The average molecular weight is 683 g/mol. The lowest BCUT2D eigenvalue weighted by Gasteiger charge is -2.59. The molecule has 4 atom stereocenters. The van der Waals surface area contributed by atoms with Gasteiger partial charge in [0.2, 0.25) is 5.78 Å². The van der Waals surface area contributed by atoms with Crippen LogP contribution in [0.2, 0.25) is 0 Å². The van der Waals surface area contributed by atoms with Gasteiger partial charge in [-0.2, -0.15) is 0 Å². The predicted molar refractivity (Wildman–Crippen MR) is 190 cm³/mol. The Morgan fingerprint density at radius 1 is 0.940 bits per heavy atom.